The molecule has 0 unspecified atom stereocenters. The van der Waals surface area contributed by atoms with E-state index in [1.54, 1.807) is 37.6 Å². The van der Waals surface area contributed by atoms with Gasteiger partial charge in [-0.1, -0.05) is 6.92 Å². The molecular weight excluding hydrogens is 334 g/mol. The number of aromatic nitrogens is 1. The zero-order valence-corrected chi connectivity index (χ0v) is 13.6. The van der Waals surface area contributed by atoms with Gasteiger partial charge in [-0.2, -0.15) is 0 Å². The van der Waals surface area contributed by atoms with Gasteiger partial charge in [0, 0.05) is 18.4 Å². The third-order valence-electron chi connectivity index (χ3n) is 3.02. The van der Waals surface area contributed by atoms with Crippen molar-refractivity contribution in [3.8, 4) is 5.75 Å². The van der Waals surface area contributed by atoms with E-state index in [2.05, 4.69) is 28.2 Å². The molecule has 5 nitrogen and oxygen atoms in total. The number of methoxy groups -OCH3 is 1. The lowest BCUT2D eigenvalue weighted by Crippen LogP contribution is -2.16. The normalized spacial score (nSPS) is 10.4. The van der Waals surface area contributed by atoms with Crippen LogP contribution >= 0.6 is 15.9 Å². The number of anilines is 2. The van der Waals surface area contributed by atoms with Gasteiger partial charge in [0.25, 0.3) is 5.91 Å². The van der Waals surface area contributed by atoms with Crippen molar-refractivity contribution in [2.75, 3.05) is 18.2 Å². The van der Waals surface area contributed by atoms with Gasteiger partial charge in [0.1, 0.15) is 11.4 Å². The maximum Gasteiger partial charge on any atom is 0.272 e. The Balaban J connectivity index is 2.19. The lowest BCUT2D eigenvalue weighted by Gasteiger charge is -2.10. The summed E-state index contributed by atoms with van der Waals surface area (Å²) in [6, 6.07) is 7.06. The van der Waals surface area contributed by atoms with Gasteiger partial charge in [0.15, 0.2) is 0 Å². The molecule has 1 aromatic carbocycles. The van der Waals surface area contributed by atoms with E-state index >= 15 is 0 Å². The van der Waals surface area contributed by atoms with E-state index in [0.29, 0.717) is 22.8 Å². The van der Waals surface area contributed by atoms with Gasteiger partial charge in [0.05, 0.1) is 17.3 Å². The Labute approximate surface area is 132 Å². The maximum atomic E-state index is 12.4. The highest BCUT2D eigenvalue weighted by Crippen LogP contribution is 2.28. The molecule has 21 heavy (non-hydrogen) atoms. The Hall–Kier alpha value is -1.95. The predicted molar refractivity (Wildman–Crippen MR) is 87.8 cm³/mol. The quantitative estimate of drug-likeness (QED) is 0.865. The fourth-order valence-corrected chi connectivity index (χ4v) is 2.63. The first-order valence-corrected chi connectivity index (χ1v) is 7.45. The van der Waals surface area contributed by atoms with Crippen molar-refractivity contribution in [3.63, 3.8) is 0 Å². The molecule has 1 amide bonds. The number of hydrogen-bond donors (Lipinski definition) is 2. The smallest absolute Gasteiger partial charge is 0.272 e. The van der Waals surface area contributed by atoms with Gasteiger partial charge in [-0.25, -0.2) is 0 Å². The van der Waals surface area contributed by atoms with E-state index in [0.717, 1.165) is 17.4 Å². The minimum Gasteiger partial charge on any atom is -0.496 e. The highest BCUT2D eigenvalue weighted by atomic mass is 79.9. The number of nitrogens with zero attached hydrogens (tertiary/aromatic N) is 1. The van der Waals surface area contributed by atoms with Gasteiger partial charge in [0.2, 0.25) is 0 Å². The van der Waals surface area contributed by atoms with Gasteiger partial charge in [-0.15, -0.1) is 0 Å². The molecule has 6 heteroatoms. The molecule has 1 heterocycles. The molecule has 0 aliphatic carbocycles. The predicted octanol–water partition coefficient (Wildman–Crippen LogP) is 3.50. The van der Waals surface area contributed by atoms with Gasteiger partial charge >= 0.3 is 0 Å². The van der Waals surface area contributed by atoms with Crippen molar-refractivity contribution in [2.45, 2.75) is 19.9 Å². The van der Waals surface area contributed by atoms with Gasteiger partial charge in [-0.05, 0) is 46.6 Å². The van der Waals surface area contributed by atoms with E-state index in [9.17, 15) is 4.79 Å². The van der Waals surface area contributed by atoms with Crippen LogP contribution in [0.1, 0.15) is 23.8 Å². The maximum absolute atomic E-state index is 12.4. The molecular formula is C15H18BrN3O2. The third kappa shape index (κ3) is 3.58. The molecule has 2 rings (SSSR count). The molecule has 0 spiro atoms. The number of ether oxygens (including phenoxy) is 1. The van der Waals surface area contributed by atoms with E-state index in [4.69, 9.17) is 10.5 Å². The van der Waals surface area contributed by atoms with Crippen LogP contribution in [-0.2, 0) is 6.54 Å². The second-order valence-electron chi connectivity index (χ2n) is 4.66. The Morgan fingerprint density at radius 2 is 2.19 bits per heavy atom. The summed E-state index contributed by atoms with van der Waals surface area (Å²) in [6.45, 7) is 2.81. The third-order valence-corrected chi connectivity index (χ3v) is 3.64. The average molecular weight is 352 g/mol. The number of carbonyl (C=O) groups excluding carboxylic acids is 1. The number of hydrogen-bond acceptors (Lipinski definition) is 3. The summed E-state index contributed by atoms with van der Waals surface area (Å²) in [7, 11) is 1.60. The lowest BCUT2D eigenvalue weighted by molar-refractivity contribution is 0.101. The van der Waals surface area contributed by atoms with Crippen molar-refractivity contribution in [2.24, 2.45) is 0 Å². The Morgan fingerprint density at radius 1 is 1.43 bits per heavy atom. The van der Waals surface area contributed by atoms with Crippen LogP contribution in [-0.4, -0.2) is 17.6 Å². The second-order valence-corrected chi connectivity index (χ2v) is 5.51. The number of nitrogen functional groups attached to an aromatic ring is 1. The first-order chi connectivity index (χ1) is 10.0. The van der Waals surface area contributed by atoms with Crippen LogP contribution in [0, 0.1) is 0 Å². The van der Waals surface area contributed by atoms with Crippen molar-refractivity contribution < 1.29 is 9.53 Å². The van der Waals surface area contributed by atoms with E-state index in [1.165, 1.54) is 0 Å². The number of amides is 1. The average Bonchev–Trinajstić information content (AvgIpc) is 2.80. The Bertz CT molecular complexity index is 652. The highest BCUT2D eigenvalue weighted by molar-refractivity contribution is 9.10. The van der Waals surface area contributed by atoms with Crippen molar-refractivity contribution >= 4 is 33.2 Å². The number of halogens is 1. The molecule has 0 fully saturated rings. The van der Waals surface area contributed by atoms with Crippen LogP contribution in [0.4, 0.5) is 11.4 Å². The van der Waals surface area contributed by atoms with E-state index < -0.39 is 0 Å². The number of rotatable bonds is 5. The number of nitrogens with one attached hydrogen (secondary N) is 1. The molecule has 0 aliphatic rings. The number of carbonyl (C=O) groups is 1. The summed E-state index contributed by atoms with van der Waals surface area (Å²) >= 11 is 3.40. The Morgan fingerprint density at radius 3 is 2.81 bits per heavy atom. The van der Waals surface area contributed by atoms with E-state index in [-0.39, 0.29) is 5.91 Å². The fraction of sp³-hybridized carbons (Fsp3) is 0.267. The minimum absolute atomic E-state index is 0.183. The molecule has 0 saturated carbocycles. The van der Waals surface area contributed by atoms with Gasteiger partial charge < -0.3 is 20.4 Å². The molecule has 3 N–H and O–H groups in total. The number of benzene rings is 1. The van der Waals surface area contributed by atoms with Crippen molar-refractivity contribution in [1.82, 2.24) is 4.57 Å². The number of nitrogens with two attached hydrogens (primary N) is 1. The van der Waals surface area contributed by atoms with E-state index in [1.807, 2.05) is 4.57 Å². The van der Waals surface area contributed by atoms with Crippen molar-refractivity contribution in [3.05, 3.63) is 40.6 Å². The van der Waals surface area contributed by atoms with Crippen LogP contribution < -0.4 is 15.8 Å². The molecule has 1 aromatic heterocycles. The second kappa shape index (κ2) is 6.67. The summed E-state index contributed by atoms with van der Waals surface area (Å²) in [5.41, 5.74) is 7.61. The highest BCUT2D eigenvalue weighted by Gasteiger charge is 2.13. The first-order valence-electron chi connectivity index (χ1n) is 6.65. The molecule has 0 aliphatic heterocycles. The summed E-state index contributed by atoms with van der Waals surface area (Å²) < 4.78 is 7.81. The summed E-state index contributed by atoms with van der Waals surface area (Å²) in [6.07, 6.45) is 2.71. The van der Waals surface area contributed by atoms with Crippen LogP contribution in [0.15, 0.2) is 34.9 Å². The fourth-order valence-electron chi connectivity index (χ4n) is 2.09. The monoisotopic (exact) mass is 351 g/mol. The van der Waals surface area contributed by atoms with Crippen molar-refractivity contribution in [1.29, 1.82) is 0 Å². The molecule has 0 atom stereocenters. The molecule has 112 valence electrons. The topological polar surface area (TPSA) is 69.3 Å². The molecule has 0 radical (unpaired) electrons. The van der Waals surface area contributed by atoms with Crippen LogP contribution in [0.5, 0.6) is 5.75 Å². The zero-order valence-electron chi connectivity index (χ0n) is 12.0. The summed E-state index contributed by atoms with van der Waals surface area (Å²) in [5.74, 6) is 0.531. The Kier molecular flexibility index (Phi) is 4.90. The van der Waals surface area contributed by atoms with Gasteiger partial charge in [-0.3, -0.25) is 4.79 Å². The molecule has 0 bridgehead atoms. The molecule has 2 aromatic rings. The van der Waals surface area contributed by atoms with Crippen LogP contribution in [0.25, 0.3) is 0 Å². The van der Waals surface area contributed by atoms with Crippen LogP contribution in [0.3, 0.4) is 0 Å². The lowest BCUT2D eigenvalue weighted by atomic mass is 10.3. The minimum atomic E-state index is -0.183. The first kappa shape index (κ1) is 15.4. The standard InChI is InChI=1S/C15H18BrN3O2/c1-3-6-19-9-10(17)7-13(19)15(20)18-11-4-5-14(21-2)12(16)8-11/h4-5,7-9H,3,6,17H2,1-2H3,(H,18,20). The molecule has 0 saturated heterocycles. The summed E-state index contributed by atoms with van der Waals surface area (Å²) in [5, 5.41) is 2.86. The largest absolute Gasteiger partial charge is 0.496 e. The summed E-state index contributed by atoms with van der Waals surface area (Å²) in [4.78, 5) is 12.4. The number of aryl methyl sites for hydroxylation is 1. The SMILES string of the molecule is CCCn1cc(N)cc1C(=O)Nc1ccc(OC)c(Br)c1. The zero-order chi connectivity index (χ0) is 15.4. The van der Waals surface area contributed by atoms with Crippen LogP contribution in [0.2, 0.25) is 0 Å².